The number of carbonyl (C=O) groups excluding carboxylic acids is 1. The molecule has 180 valence electrons. The molecule has 2 saturated heterocycles. The third kappa shape index (κ3) is 6.56. The maximum atomic E-state index is 13.4. The summed E-state index contributed by atoms with van der Waals surface area (Å²) < 4.78 is 40.3. The Morgan fingerprint density at radius 3 is 2.42 bits per heavy atom. The molecule has 7 nitrogen and oxygen atoms in total. The van der Waals surface area contributed by atoms with Crippen LogP contribution in [0.2, 0.25) is 0 Å². The van der Waals surface area contributed by atoms with Crippen molar-refractivity contribution in [1.82, 2.24) is 14.9 Å². The number of anilines is 2. The van der Waals surface area contributed by atoms with Crippen LogP contribution < -0.4 is 15.8 Å². The van der Waals surface area contributed by atoms with Crippen molar-refractivity contribution in [3.05, 3.63) is 40.3 Å². The van der Waals surface area contributed by atoms with Gasteiger partial charge in [-0.2, -0.15) is 13.2 Å². The van der Waals surface area contributed by atoms with Gasteiger partial charge in [-0.3, -0.25) is 9.59 Å². The van der Waals surface area contributed by atoms with Crippen molar-refractivity contribution in [2.24, 2.45) is 0 Å². The predicted octanol–water partition coefficient (Wildman–Crippen LogP) is 3.95. The van der Waals surface area contributed by atoms with E-state index < -0.39 is 17.8 Å². The van der Waals surface area contributed by atoms with Crippen molar-refractivity contribution in [1.29, 1.82) is 0 Å². The summed E-state index contributed by atoms with van der Waals surface area (Å²) >= 11 is 0. The van der Waals surface area contributed by atoms with Gasteiger partial charge in [-0.25, -0.2) is 4.98 Å². The fourth-order valence-corrected chi connectivity index (χ4v) is 4.25. The highest BCUT2D eigenvalue weighted by Gasteiger charge is 2.45. The van der Waals surface area contributed by atoms with Crippen LogP contribution in [0, 0.1) is 6.92 Å². The van der Waals surface area contributed by atoms with E-state index >= 15 is 0 Å². The average Bonchev–Trinajstić information content (AvgIpc) is 3.25. The minimum Gasteiger partial charge on any atom is -0.346 e. The van der Waals surface area contributed by atoms with Gasteiger partial charge in [-0.15, -0.1) is 0 Å². The number of halogens is 3. The molecule has 0 bridgehead atoms. The van der Waals surface area contributed by atoms with E-state index in [-0.39, 0.29) is 18.8 Å². The Bertz CT molecular complexity index is 1000. The number of hydrogen-bond acceptors (Lipinski definition) is 5. The lowest BCUT2D eigenvalue weighted by Gasteiger charge is -2.38. The molecule has 2 aliphatic heterocycles. The first-order valence-electron chi connectivity index (χ1n) is 11.1. The standard InChI is InChI=1S/C18H19F3N4O2.C5H11N/c1-11-9-22-15(23-10-26)8-13(11)12-6-16(24-17(27)7-12)25-5-3-2-4-14(25)18(19,20)21;1-6-4-2-3-5-6/h6-10,14H,2-5H2,1H3,(H,24,27)(H,22,23,26);2-5H2,1H3. The number of hydrogen-bond donors (Lipinski definition) is 2. The zero-order valence-electron chi connectivity index (χ0n) is 18.9. The zero-order chi connectivity index (χ0) is 24.0. The average molecular weight is 466 g/mol. The van der Waals surface area contributed by atoms with Crippen LogP contribution in [0.25, 0.3) is 11.1 Å². The molecular formula is C23H30F3N5O2. The summed E-state index contributed by atoms with van der Waals surface area (Å²) in [6.45, 7) is 4.63. The van der Waals surface area contributed by atoms with Crippen LogP contribution in [0.3, 0.4) is 0 Å². The lowest BCUT2D eigenvalue weighted by Crippen LogP contribution is -2.49. The molecule has 33 heavy (non-hydrogen) atoms. The molecule has 4 heterocycles. The van der Waals surface area contributed by atoms with E-state index in [1.807, 2.05) is 0 Å². The van der Waals surface area contributed by atoms with Crippen molar-refractivity contribution in [2.45, 2.75) is 51.2 Å². The lowest BCUT2D eigenvalue weighted by molar-refractivity contribution is -0.152. The van der Waals surface area contributed by atoms with Gasteiger partial charge < -0.3 is 20.1 Å². The van der Waals surface area contributed by atoms with Crippen LogP contribution in [-0.4, -0.2) is 60.2 Å². The molecule has 2 aromatic heterocycles. The predicted molar refractivity (Wildman–Crippen MR) is 122 cm³/mol. The van der Waals surface area contributed by atoms with Gasteiger partial charge in [0.15, 0.2) is 0 Å². The molecule has 2 aromatic rings. The summed E-state index contributed by atoms with van der Waals surface area (Å²) in [5, 5.41) is 2.43. The number of likely N-dealkylation sites (tertiary alicyclic amines) is 1. The number of nitrogens with one attached hydrogen (secondary N) is 2. The van der Waals surface area contributed by atoms with Gasteiger partial charge in [0, 0.05) is 18.8 Å². The maximum absolute atomic E-state index is 13.4. The van der Waals surface area contributed by atoms with Gasteiger partial charge in [0.1, 0.15) is 17.7 Å². The van der Waals surface area contributed by atoms with Gasteiger partial charge in [0.25, 0.3) is 0 Å². The Morgan fingerprint density at radius 2 is 1.82 bits per heavy atom. The number of piperidine rings is 1. The number of carbonyl (C=O) groups is 1. The highest BCUT2D eigenvalue weighted by molar-refractivity contribution is 5.76. The first-order valence-corrected chi connectivity index (χ1v) is 11.1. The summed E-state index contributed by atoms with van der Waals surface area (Å²) in [6, 6.07) is 2.82. The van der Waals surface area contributed by atoms with Crippen molar-refractivity contribution < 1.29 is 18.0 Å². The number of aromatic amines is 1. The van der Waals surface area contributed by atoms with E-state index in [4.69, 9.17) is 0 Å². The van der Waals surface area contributed by atoms with Crippen LogP contribution in [0.15, 0.2) is 29.2 Å². The number of amides is 1. The van der Waals surface area contributed by atoms with E-state index in [1.165, 1.54) is 43.1 Å². The van der Waals surface area contributed by atoms with Crippen LogP contribution in [-0.2, 0) is 4.79 Å². The third-order valence-corrected chi connectivity index (χ3v) is 5.97. The Morgan fingerprint density at radius 1 is 1.12 bits per heavy atom. The normalized spacial score (nSPS) is 19.1. The summed E-state index contributed by atoms with van der Waals surface area (Å²) in [7, 11) is 2.17. The van der Waals surface area contributed by atoms with Crippen molar-refractivity contribution in [3.63, 3.8) is 0 Å². The summed E-state index contributed by atoms with van der Waals surface area (Å²) in [5.41, 5.74) is 1.32. The number of H-pyrrole nitrogens is 1. The fraction of sp³-hybridized carbons (Fsp3) is 0.522. The number of alkyl halides is 3. The molecule has 0 aromatic carbocycles. The molecule has 0 radical (unpaired) electrons. The van der Waals surface area contributed by atoms with E-state index in [1.54, 1.807) is 19.1 Å². The third-order valence-electron chi connectivity index (χ3n) is 5.97. The molecule has 2 N–H and O–H groups in total. The number of pyridine rings is 2. The Balaban J connectivity index is 0.000000442. The van der Waals surface area contributed by atoms with Crippen LogP contribution in [0.4, 0.5) is 24.8 Å². The van der Waals surface area contributed by atoms with Gasteiger partial charge in [0.2, 0.25) is 12.0 Å². The Kier molecular flexibility index (Phi) is 8.12. The molecular weight excluding hydrogens is 435 g/mol. The molecule has 2 fully saturated rings. The molecule has 0 spiro atoms. The summed E-state index contributed by atoms with van der Waals surface area (Å²) in [4.78, 5) is 32.9. The van der Waals surface area contributed by atoms with Crippen LogP contribution in [0.5, 0.6) is 0 Å². The fourth-order valence-electron chi connectivity index (χ4n) is 4.25. The Hall–Kier alpha value is -2.88. The van der Waals surface area contributed by atoms with Crippen molar-refractivity contribution in [3.8, 4) is 11.1 Å². The quantitative estimate of drug-likeness (QED) is 0.669. The van der Waals surface area contributed by atoms with Crippen molar-refractivity contribution >= 4 is 18.0 Å². The van der Waals surface area contributed by atoms with E-state index in [0.29, 0.717) is 36.2 Å². The van der Waals surface area contributed by atoms with E-state index in [0.717, 1.165) is 5.56 Å². The molecule has 1 amide bonds. The van der Waals surface area contributed by atoms with Crippen molar-refractivity contribution in [2.75, 3.05) is 36.9 Å². The minimum atomic E-state index is -4.37. The molecule has 4 rings (SSSR count). The first-order chi connectivity index (χ1) is 15.7. The molecule has 1 atom stereocenters. The number of nitrogens with zero attached hydrogens (tertiary/aromatic N) is 3. The van der Waals surface area contributed by atoms with Gasteiger partial charge >= 0.3 is 6.18 Å². The minimum absolute atomic E-state index is 0.00253. The molecule has 2 aliphatic rings. The topological polar surface area (TPSA) is 81.3 Å². The lowest BCUT2D eigenvalue weighted by atomic mass is 10.00. The number of aromatic nitrogens is 2. The molecule has 1 unspecified atom stereocenters. The van der Waals surface area contributed by atoms with Gasteiger partial charge in [0.05, 0.1) is 0 Å². The highest BCUT2D eigenvalue weighted by Crippen LogP contribution is 2.35. The summed E-state index contributed by atoms with van der Waals surface area (Å²) in [6.07, 6.45) is 1.58. The zero-order valence-corrected chi connectivity index (χ0v) is 18.9. The second-order valence-corrected chi connectivity index (χ2v) is 8.52. The monoisotopic (exact) mass is 465 g/mol. The largest absolute Gasteiger partial charge is 0.408 e. The highest BCUT2D eigenvalue weighted by atomic mass is 19.4. The van der Waals surface area contributed by atoms with Gasteiger partial charge in [-0.05, 0) is 88.0 Å². The van der Waals surface area contributed by atoms with Crippen LogP contribution in [0.1, 0.15) is 37.7 Å². The number of rotatable bonds is 4. The summed E-state index contributed by atoms with van der Waals surface area (Å²) in [5.74, 6) is 0.430. The van der Waals surface area contributed by atoms with E-state index in [9.17, 15) is 22.8 Å². The molecule has 10 heteroatoms. The van der Waals surface area contributed by atoms with Gasteiger partial charge in [-0.1, -0.05) is 0 Å². The van der Waals surface area contributed by atoms with E-state index in [2.05, 4.69) is 27.2 Å². The molecule has 0 saturated carbocycles. The maximum Gasteiger partial charge on any atom is 0.408 e. The number of aryl methyl sites for hydroxylation is 1. The second-order valence-electron chi connectivity index (χ2n) is 8.52. The van der Waals surface area contributed by atoms with Crippen LogP contribution >= 0.6 is 0 Å². The SMILES string of the molecule is CN1CCCC1.Cc1cnc(NC=O)cc1-c1cc(N2CCCCC2C(F)(F)F)[nH]c(=O)c1. The second kappa shape index (κ2) is 10.8. The first kappa shape index (κ1) is 24.8. The smallest absolute Gasteiger partial charge is 0.346 e. The molecule has 0 aliphatic carbocycles. The Labute approximate surface area is 191 Å².